The third-order valence-corrected chi connectivity index (χ3v) is 4.28. The van der Waals surface area contributed by atoms with Crippen molar-refractivity contribution in [3.8, 4) is 0 Å². The fourth-order valence-electron chi connectivity index (χ4n) is 1.42. The van der Waals surface area contributed by atoms with E-state index >= 15 is 0 Å². The highest BCUT2D eigenvalue weighted by molar-refractivity contribution is 8.12. The van der Waals surface area contributed by atoms with Gasteiger partial charge in [-0.15, -0.1) is 0 Å². The maximum absolute atomic E-state index is 12.0. The molecule has 110 valence electrons. The summed E-state index contributed by atoms with van der Waals surface area (Å²) in [5.41, 5.74) is 5.22. The largest absolute Gasteiger partial charge is 0.352 e. The maximum Gasteiger partial charge on any atom is 0.352 e. The summed E-state index contributed by atoms with van der Waals surface area (Å²) in [6, 6.07) is -1.19. The molecular formula is C12H23N3O2S2. The van der Waals surface area contributed by atoms with Gasteiger partial charge in [0.05, 0.1) is 0 Å². The van der Waals surface area contributed by atoms with Gasteiger partial charge in [-0.2, -0.15) is 0 Å². The van der Waals surface area contributed by atoms with Crippen molar-refractivity contribution in [1.29, 1.82) is 0 Å². The van der Waals surface area contributed by atoms with E-state index in [0.29, 0.717) is 0 Å². The Morgan fingerprint density at radius 1 is 1.16 bits per heavy atom. The van der Waals surface area contributed by atoms with E-state index in [2.05, 4.69) is 6.92 Å². The summed E-state index contributed by atoms with van der Waals surface area (Å²) in [7, 11) is 0. The topological polar surface area (TPSA) is 66.6 Å². The first-order valence-corrected chi connectivity index (χ1v) is 8.62. The van der Waals surface area contributed by atoms with Crippen LogP contribution < -0.4 is 5.73 Å². The Balaban J connectivity index is 4.37. The zero-order valence-electron chi connectivity index (χ0n) is 11.8. The lowest BCUT2D eigenvalue weighted by molar-refractivity contribution is 0.203. The summed E-state index contributed by atoms with van der Waals surface area (Å²) in [4.78, 5) is 24.2. The predicted molar refractivity (Wildman–Crippen MR) is 83.6 cm³/mol. The molecule has 0 aliphatic carbocycles. The lowest BCUT2D eigenvalue weighted by Gasteiger charge is -2.21. The minimum absolute atomic E-state index is 0.433. The first kappa shape index (κ1) is 18.2. The summed E-state index contributed by atoms with van der Waals surface area (Å²) in [6.07, 6.45) is 12.3. The van der Waals surface area contributed by atoms with Crippen molar-refractivity contribution >= 4 is 36.0 Å². The number of unbranched alkanes of at least 4 members (excludes halogenated alkanes) is 4. The number of hydrogen-bond acceptors (Lipinski definition) is 4. The number of rotatable bonds is 8. The van der Waals surface area contributed by atoms with Crippen molar-refractivity contribution in [3.63, 3.8) is 0 Å². The van der Waals surface area contributed by atoms with E-state index in [4.69, 9.17) is 5.73 Å². The van der Waals surface area contributed by atoms with Gasteiger partial charge in [-0.1, -0.05) is 32.3 Å². The van der Waals surface area contributed by atoms with Gasteiger partial charge in [0.1, 0.15) is 0 Å². The molecule has 0 bridgehead atoms. The SMILES string of the molecule is CCCCCC/C=C/N(C(N)=O)C(=O)N(SC)SC. The fraction of sp³-hybridized carbons (Fsp3) is 0.667. The molecule has 4 amide bonds. The Hall–Kier alpha value is -0.820. The molecule has 0 aromatic rings. The Morgan fingerprint density at radius 2 is 1.79 bits per heavy atom. The first-order chi connectivity index (χ1) is 9.08. The molecule has 5 nitrogen and oxygen atoms in total. The number of primary amides is 1. The summed E-state index contributed by atoms with van der Waals surface area (Å²) < 4.78 is 1.40. The van der Waals surface area contributed by atoms with Crippen LogP contribution in [0.4, 0.5) is 9.59 Å². The summed E-state index contributed by atoms with van der Waals surface area (Å²) in [5, 5.41) is 0. The standard InChI is InChI=1S/C12H23N3O2S2/c1-4-5-6-7-8-9-10-14(11(13)16)12(17)15(18-2)19-3/h9-10H,4-8H2,1-3H3,(H2,13,16)/b10-9+. The summed E-state index contributed by atoms with van der Waals surface area (Å²) in [5.74, 6) is 0. The van der Waals surface area contributed by atoms with Crippen LogP contribution in [0.1, 0.15) is 39.0 Å². The number of nitrogens with two attached hydrogens (primary N) is 1. The average molecular weight is 305 g/mol. The van der Waals surface area contributed by atoms with Crippen molar-refractivity contribution in [2.45, 2.75) is 39.0 Å². The predicted octanol–water partition coefficient (Wildman–Crippen LogP) is 3.83. The highest BCUT2D eigenvalue weighted by atomic mass is 32.2. The lowest BCUT2D eigenvalue weighted by atomic mass is 10.1. The molecule has 0 saturated carbocycles. The Kier molecular flexibility index (Phi) is 10.6. The van der Waals surface area contributed by atoms with E-state index in [1.54, 1.807) is 12.5 Å². The molecule has 0 aliphatic heterocycles. The smallest absolute Gasteiger partial charge is 0.351 e. The van der Waals surface area contributed by atoms with Crippen molar-refractivity contribution in [2.24, 2.45) is 5.73 Å². The van der Waals surface area contributed by atoms with Crippen molar-refractivity contribution in [2.75, 3.05) is 12.5 Å². The van der Waals surface area contributed by atoms with Crippen LogP contribution in [0.2, 0.25) is 0 Å². The number of nitrogens with zero attached hydrogens (tertiary/aromatic N) is 2. The second kappa shape index (κ2) is 11.0. The van der Waals surface area contributed by atoms with Crippen LogP contribution in [0.5, 0.6) is 0 Å². The van der Waals surface area contributed by atoms with Gasteiger partial charge < -0.3 is 5.73 Å². The maximum atomic E-state index is 12.0. The van der Waals surface area contributed by atoms with Gasteiger partial charge in [-0.05, 0) is 36.7 Å². The third kappa shape index (κ3) is 7.37. The number of carbonyl (C=O) groups is 2. The lowest BCUT2D eigenvalue weighted by Crippen LogP contribution is -2.40. The highest BCUT2D eigenvalue weighted by Crippen LogP contribution is 2.19. The second-order valence-electron chi connectivity index (χ2n) is 3.85. The van der Waals surface area contributed by atoms with Gasteiger partial charge in [-0.25, -0.2) is 18.2 Å². The number of amides is 4. The number of carbonyl (C=O) groups excluding carboxylic acids is 2. The Bertz CT molecular complexity index is 307. The molecule has 0 aromatic heterocycles. The Morgan fingerprint density at radius 3 is 2.26 bits per heavy atom. The van der Waals surface area contributed by atoms with E-state index in [1.165, 1.54) is 46.6 Å². The highest BCUT2D eigenvalue weighted by Gasteiger charge is 2.22. The van der Waals surface area contributed by atoms with Crippen LogP contribution in [0.25, 0.3) is 0 Å². The van der Waals surface area contributed by atoms with Crippen LogP contribution >= 0.6 is 23.9 Å². The van der Waals surface area contributed by atoms with E-state index in [0.717, 1.165) is 24.2 Å². The molecule has 0 unspecified atom stereocenters. The van der Waals surface area contributed by atoms with Gasteiger partial charge in [0.15, 0.2) is 0 Å². The average Bonchev–Trinajstić information content (AvgIpc) is 2.38. The van der Waals surface area contributed by atoms with Gasteiger partial charge in [0, 0.05) is 18.7 Å². The van der Waals surface area contributed by atoms with Crippen LogP contribution in [0.15, 0.2) is 12.3 Å². The molecule has 0 heterocycles. The number of imide groups is 1. The minimum Gasteiger partial charge on any atom is -0.351 e. The molecular weight excluding hydrogens is 282 g/mol. The van der Waals surface area contributed by atoms with Gasteiger partial charge in [0.2, 0.25) is 0 Å². The van der Waals surface area contributed by atoms with E-state index in [9.17, 15) is 9.59 Å². The Labute approximate surface area is 124 Å². The third-order valence-electron chi connectivity index (χ3n) is 2.41. The number of allylic oxidation sites excluding steroid dienone is 1. The van der Waals surface area contributed by atoms with E-state index in [1.807, 2.05) is 6.08 Å². The van der Waals surface area contributed by atoms with Crippen molar-refractivity contribution < 1.29 is 9.59 Å². The molecule has 0 atom stereocenters. The van der Waals surface area contributed by atoms with Crippen LogP contribution in [-0.2, 0) is 0 Å². The number of hydrogen-bond donors (Lipinski definition) is 1. The molecule has 0 radical (unpaired) electrons. The number of urea groups is 2. The van der Waals surface area contributed by atoms with E-state index < -0.39 is 12.1 Å². The second-order valence-corrected chi connectivity index (χ2v) is 5.54. The zero-order valence-corrected chi connectivity index (χ0v) is 13.4. The molecule has 0 aromatic carbocycles. The van der Waals surface area contributed by atoms with Gasteiger partial charge in [0.25, 0.3) is 0 Å². The molecule has 7 heteroatoms. The van der Waals surface area contributed by atoms with Crippen LogP contribution in [-0.4, -0.2) is 33.2 Å². The molecule has 19 heavy (non-hydrogen) atoms. The molecule has 0 rings (SSSR count). The monoisotopic (exact) mass is 305 g/mol. The first-order valence-electron chi connectivity index (χ1n) is 6.26. The van der Waals surface area contributed by atoms with Crippen molar-refractivity contribution in [3.05, 3.63) is 12.3 Å². The molecule has 0 aliphatic rings. The minimum atomic E-state index is -0.761. The van der Waals surface area contributed by atoms with Crippen molar-refractivity contribution in [1.82, 2.24) is 8.61 Å². The zero-order chi connectivity index (χ0) is 14.7. The van der Waals surface area contributed by atoms with Crippen LogP contribution in [0.3, 0.4) is 0 Å². The van der Waals surface area contributed by atoms with Gasteiger partial charge >= 0.3 is 12.1 Å². The molecule has 0 saturated heterocycles. The fourth-order valence-corrected chi connectivity index (χ4v) is 2.50. The molecule has 2 N–H and O–H groups in total. The van der Waals surface area contributed by atoms with Gasteiger partial charge in [-0.3, -0.25) is 0 Å². The summed E-state index contributed by atoms with van der Waals surface area (Å²) in [6.45, 7) is 2.16. The normalized spacial score (nSPS) is 10.7. The molecule has 0 spiro atoms. The quantitative estimate of drug-likeness (QED) is 0.546. The van der Waals surface area contributed by atoms with E-state index in [-0.39, 0.29) is 0 Å². The van der Waals surface area contributed by atoms with Crippen LogP contribution in [0, 0.1) is 0 Å². The molecule has 0 fully saturated rings. The summed E-state index contributed by atoms with van der Waals surface area (Å²) >= 11 is 2.47.